The molecule has 2 N–H and O–H groups in total. The van der Waals surface area contributed by atoms with Crippen LogP contribution >= 0.6 is 0 Å². The second-order valence-electron chi connectivity index (χ2n) is 8.17. The minimum absolute atomic E-state index is 0.375. The summed E-state index contributed by atoms with van der Waals surface area (Å²) < 4.78 is 17.9. The van der Waals surface area contributed by atoms with Crippen LogP contribution in [0.1, 0.15) is 47.0 Å². The molecule has 0 amide bonds. The molecule has 26 heavy (non-hydrogen) atoms. The first kappa shape index (κ1) is 19.5. The summed E-state index contributed by atoms with van der Waals surface area (Å²) in [6.45, 7) is 11.4. The van der Waals surface area contributed by atoms with E-state index >= 15 is 0 Å². The molecule has 2 aliphatic heterocycles. The van der Waals surface area contributed by atoms with Crippen LogP contribution in [0.3, 0.4) is 0 Å². The van der Waals surface area contributed by atoms with Gasteiger partial charge in [-0.1, -0.05) is 6.42 Å². The lowest BCUT2D eigenvalue weighted by Crippen LogP contribution is -2.45. The molecule has 144 valence electrons. The van der Waals surface area contributed by atoms with Gasteiger partial charge in [-0.25, -0.2) is 9.97 Å². The number of hydrogen-bond donors (Lipinski definition) is 1. The van der Waals surface area contributed by atoms with E-state index < -0.39 is 7.12 Å². The highest BCUT2D eigenvalue weighted by atomic mass is 16.7. The second-order valence-corrected chi connectivity index (χ2v) is 8.17. The van der Waals surface area contributed by atoms with Crippen LogP contribution in [-0.4, -0.2) is 65.5 Å². The summed E-state index contributed by atoms with van der Waals surface area (Å²) in [5, 5.41) is 0. The smallest absolute Gasteiger partial charge is 0.462 e. The van der Waals surface area contributed by atoms with Gasteiger partial charge in [0.25, 0.3) is 0 Å². The standard InChI is InChI=1S/C18H31BN4O3/c1-17(2)18(3,4)26-19(25-17)14-11-21-16(22-12-14)24-13-15-7-5-6-9-23(15)10-8-20/h11-12,15H,5-10,13,20H2,1-4H3/t15-/m1/s1. The number of likely N-dealkylation sites (tertiary alicyclic amines) is 1. The molecule has 1 aromatic rings. The van der Waals surface area contributed by atoms with Crippen molar-refractivity contribution in [2.75, 3.05) is 26.2 Å². The molecule has 0 radical (unpaired) electrons. The summed E-state index contributed by atoms with van der Waals surface area (Å²) in [6, 6.07) is 0.780. The number of ether oxygens (including phenoxy) is 1. The van der Waals surface area contributed by atoms with Crippen LogP contribution in [0.2, 0.25) is 0 Å². The highest BCUT2D eigenvalue weighted by Crippen LogP contribution is 2.36. The summed E-state index contributed by atoms with van der Waals surface area (Å²) in [5.41, 5.74) is 5.77. The molecular weight excluding hydrogens is 331 g/mol. The molecule has 0 saturated carbocycles. The van der Waals surface area contributed by atoms with Crippen LogP contribution in [0.25, 0.3) is 0 Å². The lowest BCUT2D eigenvalue weighted by Gasteiger charge is -2.34. The Labute approximate surface area is 156 Å². The van der Waals surface area contributed by atoms with Gasteiger partial charge in [0.05, 0.1) is 11.2 Å². The maximum Gasteiger partial charge on any atom is 0.498 e. The number of aromatic nitrogens is 2. The summed E-state index contributed by atoms with van der Waals surface area (Å²) in [4.78, 5) is 11.1. The first-order valence-corrected chi connectivity index (χ1v) is 9.57. The number of hydrogen-bond acceptors (Lipinski definition) is 7. The molecule has 0 aliphatic carbocycles. The minimum atomic E-state index is -0.451. The first-order valence-electron chi connectivity index (χ1n) is 9.57. The van der Waals surface area contributed by atoms with Gasteiger partial charge < -0.3 is 19.8 Å². The Balaban J connectivity index is 1.57. The molecule has 2 saturated heterocycles. The fraction of sp³-hybridized carbons (Fsp3) is 0.778. The average Bonchev–Trinajstić information content (AvgIpc) is 2.82. The number of nitrogens with zero attached hydrogens (tertiary/aromatic N) is 3. The Hall–Kier alpha value is -1.22. The molecule has 3 rings (SSSR count). The molecule has 0 aromatic carbocycles. The van der Waals surface area contributed by atoms with Crippen molar-refractivity contribution in [1.29, 1.82) is 0 Å². The highest BCUT2D eigenvalue weighted by Gasteiger charge is 2.51. The Morgan fingerprint density at radius 2 is 1.85 bits per heavy atom. The molecule has 1 atom stereocenters. The van der Waals surface area contributed by atoms with Crippen molar-refractivity contribution in [3.8, 4) is 6.01 Å². The fourth-order valence-electron chi connectivity index (χ4n) is 3.38. The zero-order valence-corrected chi connectivity index (χ0v) is 16.4. The van der Waals surface area contributed by atoms with Gasteiger partial charge in [-0.15, -0.1) is 0 Å². The van der Waals surface area contributed by atoms with Crippen LogP contribution in [0, 0.1) is 0 Å². The largest absolute Gasteiger partial charge is 0.498 e. The third-order valence-corrected chi connectivity index (χ3v) is 5.74. The number of piperidine rings is 1. The van der Waals surface area contributed by atoms with Crippen molar-refractivity contribution >= 4 is 12.6 Å². The number of rotatable bonds is 6. The van der Waals surface area contributed by atoms with E-state index in [1.54, 1.807) is 12.4 Å². The zero-order valence-electron chi connectivity index (χ0n) is 16.4. The zero-order chi connectivity index (χ0) is 18.8. The third kappa shape index (κ3) is 4.19. The Kier molecular flexibility index (Phi) is 5.86. The van der Waals surface area contributed by atoms with Crippen molar-refractivity contribution in [3.63, 3.8) is 0 Å². The van der Waals surface area contributed by atoms with Gasteiger partial charge >= 0.3 is 13.1 Å². The van der Waals surface area contributed by atoms with E-state index in [9.17, 15) is 0 Å². The van der Waals surface area contributed by atoms with Crippen molar-refractivity contribution in [2.45, 2.75) is 64.2 Å². The minimum Gasteiger partial charge on any atom is -0.462 e. The van der Waals surface area contributed by atoms with Crippen LogP contribution in [-0.2, 0) is 9.31 Å². The van der Waals surface area contributed by atoms with E-state index in [0.717, 1.165) is 25.0 Å². The van der Waals surface area contributed by atoms with E-state index in [2.05, 4.69) is 14.9 Å². The van der Waals surface area contributed by atoms with E-state index in [4.69, 9.17) is 19.8 Å². The van der Waals surface area contributed by atoms with Crippen LogP contribution in [0.15, 0.2) is 12.4 Å². The predicted octanol–water partition coefficient (Wildman–Crippen LogP) is 0.968. The molecule has 7 nitrogen and oxygen atoms in total. The third-order valence-electron chi connectivity index (χ3n) is 5.74. The van der Waals surface area contributed by atoms with Crippen LogP contribution < -0.4 is 15.9 Å². The van der Waals surface area contributed by atoms with E-state index in [0.29, 0.717) is 25.2 Å². The molecule has 0 bridgehead atoms. The molecular formula is C18H31BN4O3. The maximum atomic E-state index is 6.02. The molecule has 2 fully saturated rings. The van der Waals surface area contributed by atoms with Gasteiger partial charge in [0.2, 0.25) is 0 Å². The van der Waals surface area contributed by atoms with E-state index in [-0.39, 0.29) is 11.2 Å². The average molecular weight is 362 g/mol. The summed E-state index contributed by atoms with van der Waals surface area (Å²) in [7, 11) is -0.451. The lowest BCUT2D eigenvalue weighted by molar-refractivity contribution is 0.00578. The van der Waals surface area contributed by atoms with Crippen LogP contribution in [0.5, 0.6) is 6.01 Å². The SMILES string of the molecule is CC1(C)OB(c2cnc(OC[C@H]3CCCCN3CCN)nc2)OC1(C)C. The molecule has 0 spiro atoms. The normalized spacial score (nSPS) is 25.4. The van der Waals surface area contributed by atoms with Gasteiger partial charge in [0, 0.05) is 37.0 Å². The van der Waals surface area contributed by atoms with Crippen molar-refractivity contribution in [1.82, 2.24) is 14.9 Å². The summed E-state index contributed by atoms with van der Waals surface area (Å²) in [6.07, 6.45) is 7.05. The monoisotopic (exact) mass is 362 g/mol. The Morgan fingerprint density at radius 3 is 2.46 bits per heavy atom. The fourth-order valence-corrected chi connectivity index (χ4v) is 3.38. The first-order chi connectivity index (χ1) is 12.3. The summed E-state index contributed by atoms with van der Waals surface area (Å²) in [5.74, 6) is 0. The second kappa shape index (κ2) is 7.80. The lowest BCUT2D eigenvalue weighted by atomic mass is 9.81. The van der Waals surface area contributed by atoms with Crippen molar-refractivity contribution < 1.29 is 14.0 Å². The molecule has 0 unspecified atom stereocenters. The molecule has 3 heterocycles. The summed E-state index contributed by atoms with van der Waals surface area (Å²) >= 11 is 0. The van der Waals surface area contributed by atoms with Crippen molar-refractivity contribution in [2.24, 2.45) is 5.73 Å². The van der Waals surface area contributed by atoms with Gasteiger partial charge in [-0.2, -0.15) is 0 Å². The van der Waals surface area contributed by atoms with Gasteiger partial charge in [0.15, 0.2) is 0 Å². The van der Waals surface area contributed by atoms with Crippen molar-refractivity contribution in [3.05, 3.63) is 12.4 Å². The Morgan fingerprint density at radius 1 is 1.19 bits per heavy atom. The molecule has 8 heteroatoms. The quantitative estimate of drug-likeness (QED) is 0.755. The van der Waals surface area contributed by atoms with Gasteiger partial charge in [-0.05, 0) is 47.1 Å². The Bertz CT molecular complexity index is 579. The van der Waals surface area contributed by atoms with Gasteiger partial charge in [0.1, 0.15) is 6.61 Å². The van der Waals surface area contributed by atoms with Crippen LogP contribution in [0.4, 0.5) is 0 Å². The predicted molar refractivity (Wildman–Crippen MR) is 102 cm³/mol. The maximum absolute atomic E-state index is 6.02. The molecule has 1 aromatic heterocycles. The van der Waals surface area contributed by atoms with E-state index in [1.165, 1.54) is 12.8 Å². The van der Waals surface area contributed by atoms with Gasteiger partial charge in [-0.3, -0.25) is 4.90 Å². The molecule has 2 aliphatic rings. The number of nitrogens with two attached hydrogens (primary N) is 1. The highest BCUT2D eigenvalue weighted by molar-refractivity contribution is 6.61. The topological polar surface area (TPSA) is 82.7 Å². The van der Waals surface area contributed by atoms with E-state index in [1.807, 2.05) is 27.7 Å².